The molecule has 35 nitrogen and oxygen atoms in total. The number of anilines is 2. The molecule has 37 heteroatoms. The van der Waals surface area contributed by atoms with E-state index in [1.165, 1.54) is 92.5 Å². The normalized spacial score (nSPS) is 19.7. The van der Waals surface area contributed by atoms with E-state index in [0.717, 1.165) is 12.8 Å². The maximum Gasteiger partial charge on any atom is 0.338 e. The highest BCUT2D eigenvalue weighted by atomic mass is 31.2. The summed E-state index contributed by atoms with van der Waals surface area (Å²) >= 11 is 0. The highest BCUT2D eigenvalue weighted by Crippen LogP contribution is 2.45. The third-order valence-electron chi connectivity index (χ3n) is 14.0. The summed E-state index contributed by atoms with van der Waals surface area (Å²) < 4.78 is 62.8. The number of ether oxygens (including phenoxy) is 4. The van der Waals surface area contributed by atoms with Crippen LogP contribution in [0.5, 0.6) is 0 Å². The van der Waals surface area contributed by atoms with Crippen molar-refractivity contribution < 1.29 is 61.5 Å². The van der Waals surface area contributed by atoms with Gasteiger partial charge in [0.05, 0.1) is 68.0 Å². The molecule has 8 heterocycles. The first-order valence-corrected chi connectivity index (χ1v) is 33.0. The molecule has 502 valence electrons. The van der Waals surface area contributed by atoms with Gasteiger partial charge in [-0.05, 0) is 52.7 Å². The molecule has 12 N–H and O–H groups in total. The van der Waals surface area contributed by atoms with Crippen molar-refractivity contribution in [2.45, 2.75) is 148 Å². The lowest BCUT2D eigenvalue weighted by atomic mass is 10.2. The molecule has 2 aliphatic rings. The van der Waals surface area contributed by atoms with Gasteiger partial charge in [-0.25, -0.2) is 39.5 Å². The summed E-state index contributed by atoms with van der Waals surface area (Å²) in [6.45, 7) is 15.3. The molecule has 2 amide bonds. The zero-order valence-corrected chi connectivity index (χ0v) is 53.9. The minimum atomic E-state index is -4.12. The maximum atomic E-state index is 12.7. The maximum absolute atomic E-state index is 12.7. The van der Waals surface area contributed by atoms with E-state index in [1.807, 2.05) is 32.3 Å². The number of aromatic amines is 3. The van der Waals surface area contributed by atoms with Gasteiger partial charge in [-0.15, -0.1) is 0 Å². The first kappa shape index (κ1) is 71.3. The molecule has 6 aromatic rings. The Balaban J connectivity index is 0.000000265. The van der Waals surface area contributed by atoms with Gasteiger partial charge in [0.15, 0.2) is 22.9 Å². The van der Waals surface area contributed by atoms with E-state index in [-0.39, 0.29) is 68.4 Å². The number of carbonyl (C=O) groups excluding carboxylic acids is 2. The third-order valence-corrected chi connectivity index (χ3v) is 17.6. The third kappa shape index (κ3) is 20.2. The second-order valence-corrected chi connectivity index (χ2v) is 27.1. The zero-order valence-electron chi connectivity index (χ0n) is 52.1. The molecule has 0 aliphatic carbocycles. The zero-order chi connectivity index (χ0) is 66.9. The van der Waals surface area contributed by atoms with E-state index in [9.17, 15) is 47.7 Å². The second-order valence-electron chi connectivity index (χ2n) is 22.4. The number of hydrogen-bond acceptors (Lipinski definition) is 24. The number of unbranched alkanes of at least 4 members (excludes halogenated alkanes) is 1. The Bertz CT molecular complexity index is 3910. The molecule has 6 aromatic heterocycles. The van der Waals surface area contributed by atoms with Crippen molar-refractivity contribution in [3.8, 4) is 0 Å². The molecule has 0 aromatic carbocycles. The van der Waals surface area contributed by atoms with Crippen LogP contribution in [-0.4, -0.2) is 170 Å². The number of fused-ring (bicyclic) bond motifs is 2. The number of guanidine groups is 1. The first-order valence-electron chi connectivity index (χ1n) is 29.7. The molecule has 2 aliphatic heterocycles. The summed E-state index contributed by atoms with van der Waals surface area (Å²) in [6, 6.07) is 0. The van der Waals surface area contributed by atoms with E-state index in [1.54, 1.807) is 6.33 Å². The van der Waals surface area contributed by atoms with Crippen LogP contribution in [0.15, 0.2) is 69.0 Å². The van der Waals surface area contributed by atoms with Crippen LogP contribution < -0.4 is 70.0 Å². The van der Waals surface area contributed by atoms with Crippen molar-refractivity contribution in [1.29, 1.82) is 0 Å². The summed E-state index contributed by atoms with van der Waals surface area (Å²) in [5, 5.41) is 11.6. The predicted molar refractivity (Wildman–Crippen MR) is 334 cm³/mol. The lowest BCUT2D eigenvalue weighted by molar-refractivity contribution is -0.459. The summed E-state index contributed by atoms with van der Waals surface area (Å²) in [6.07, 6.45) is 10.7. The smallest absolute Gasteiger partial charge is 0.338 e. The highest BCUT2D eigenvalue weighted by Gasteiger charge is 2.41. The van der Waals surface area contributed by atoms with Crippen molar-refractivity contribution in [3.05, 3.63) is 103 Å². The summed E-state index contributed by atoms with van der Waals surface area (Å²) in [5.74, 6) is 0.315. The van der Waals surface area contributed by atoms with Crippen LogP contribution in [0.2, 0.25) is 0 Å². The standard InChI is InChI=1S/C30H46N11O8P.C25H35N8O8P/c1-18(2)48-21-13-24(49-22(21)15-47-50(45,46)19(3)4)41-14-20(28(43)39-30(41)44)7-8-23(42)33-10-11-34-26-25-27(37-16-36-26)40(17-38-25)12-6-5-9-35-29(31)32;1-14(2)40-17-9-20(41-18(17)11-39-42(37,38)15(3)4)33-10-16(24(35)32-25(33)36)5-6-19(34)26-7-8-27-22-21-23(29-12-28-21)31-13-30-22/h7-8,14,16-19,21-22,24H,5-6,9-13,15H2,1-4H3,(H,33,42)(H,45,46)(H4,31,32,35)(H,34,36,37)(H,39,43,44);5-6,10,12-15,17-18,20H,7-9,11H2,1-4H3,(H,26,34)(H,37,38)(H,32,35,36)(H2,27,28,29,30,31)/p-1/b8-7+;6-5+/t21?,22-,24-;17?,18-,20-/m11/s1. The average molecular weight is 1330 g/mol. The van der Waals surface area contributed by atoms with Gasteiger partial charge in [-0.3, -0.25) is 54.7 Å². The van der Waals surface area contributed by atoms with Crippen molar-refractivity contribution >= 4 is 79.1 Å². The Morgan fingerprint density at radius 2 is 1.21 bits per heavy atom. The minimum Gasteiger partial charge on any atom is -0.778 e. The Morgan fingerprint density at radius 3 is 1.71 bits per heavy atom. The van der Waals surface area contributed by atoms with Gasteiger partial charge in [0, 0.05) is 81.4 Å². The minimum absolute atomic E-state index is 0.0310. The van der Waals surface area contributed by atoms with E-state index in [4.69, 9.17) is 39.5 Å². The molecule has 0 bridgehead atoms. The number of nitrogens with one attached hydrogen (secondary N) is 8. The number of imidazole rings is 2. The molecule has 2 saturated heterocycles. The molecule has 92 heavy (non-hydrogen) atoms. The highest BCUT2D eigenvalue weighted by molar-refractivity contribution is 7.52. The van der Waals surface area contributed by atoms with Crippen molar-refractivity contribution in [3.63, 3.8) is 0 Å². The summed E-state index contributed by atoms with van der Waals surface area (Å²) in [7, 11) is -8.23. The van der Waals surface area contributed by atoms with Crippen LogP contribution in [0, 0.1) is 0 Å². The topological polar surface area (TPSA) is 492 Å². The number of amides is 2. The average Bonchev–Trinajstić information content (AvgIpc) is 1.68. The number of aromatic nitrogens is 12. The number of carbonyl (C=O) groups is 2. The number of rotatable bonds is 31. The van der Waals surface area contributed by atoms with Gasteiger partial charge in [-0.1, -0.05) is 27.7 Å². The van der Waals surface area contributed by atoms with Gasteiger partial charge in [-0.2, -0.15) is 0 Å². The second kappa shape index (κ2) is 32.9. The molecule has 0 spiro atoms. The van der Waals surface area contributed by atoms with E-state index in [0.29, 0.717) is 60.1 Å². The lowest BCUT2D eigenvalue weighted by Crippen LogP contribution is -2.78. The van der Waals surface area contributed by atoms with Crippen molar-refractivity contribution in [1.82, 2.24) is 69.2 Å². The van der Waals surface area contributed by atoms with Gasteiger partial charge in [0.2, 0.25) is 11.8 Å². The number of H-pyrrole nitrogens is 3. The van der Waals surface area contributed by atoms with Crippen LogP contribution >= 0.6 is 15.2 Å². The number of nitrogens with two attached hydrogens (primary N) is 2. The number of nitrogens with zero attached hydrogens (tertiary/aromatic N) is 9. The van der Waals surface area contributed by atoms with E-state index in [2.05, 4.69) is 71.1 Å². The Kier molecular flexibility index (Phi) is 25.5. The molecular formula is C55H80N19O16P2-. The van der Waals surface area contributed by atoms with Crippen LogP contribution in [0.1, 0.15) is 105 Å². The molecule has 8 atom stereocenters. The Hall–Kier alpha value is -8.11. The predicted octanol–water partition coefficient (Wildman–Crippen LogP) is -1.38. The van der Waals surface area contributed by atoms with Gasteiger partial charge in [0.25, 0.3) is 11.1 Å². The first-order chi connectivity index (χ1) is 43.7. The van der Waals surface area contributed by atoms with Crippen LogP contribution in [0.3, 0.4) is 0 Å². The number of aryl methyl sites for hydroxylation is 1. The molecule has 8 rings (SSSR count). The summed E-state index contributed by atoms with van der Waals surface area (Å²) in [5.41, 5.74) is 9.04. The van der Waals surface area contributed by atoms with Crippen LogP contribution in [-0.2, 0) is 53.3 Å². The Morgan fingerprint density at radius 1 is 0.707 bits per heavy atom. The summed E-state index contributed by atoms with van der Waals surface area (Å²) in [4.78, 5) is 135. The van der Waals surface area contributed by atoms with E-state index >= 15 is 0 Å². The van der Waals surface area contributed by atoms with Gasteiger partial charge >= 0.3 is 17.3 Å². The van der Waals surface area contributed by atoms with Crippen molar-refractivity contribution in [2.24, 2.45) is 11.5 Å². The largest absolute Gasteiger partial charge is 0.778 e. The van der Waals surface area contributed by atoms with Crippen molar-refractivity contribution in [2.75, 3.05) is 56.6 Å². The van der Waals surface area contributed by atoms with Gasteiger partial charge in [0.1, 0.15) is 63.5 Å². The van der Waals surface area contributed by atoms with E-state index < -0.39 is 97.7 Å². The molecule has 2 fully saturated rings. The quantitative estimate of drug-likeness (QED) is 0.00788. The molecule has 4 unspecified atom stereocenters. The fraction of sp³-hybridized carbons (Fsp3) is 0.545. The monoisotopic (exact) mass is 1320 g/mol. The fourth-order valence-electron chi connectivity index (χ4n) is 9.24. The molecular weight excluding hydrogens is 1240 g/mol. The van der Waals surface area contributed by atoms with Crippen LogP contribution in [0.4, 0.5) is 11.6 Å². The SMILES string of the molecule is CC(C)OC1C[C@H](n2cc(/C=C/C(=O)NCCNc3ncnc4c3ncn4CCCC[NH+]=C(N)N)c(=O)[nH]c2=O)O[C@@H]1COP(=O)([O-])C(C)C.CC(C)OC1C[C@H](n2cc(/C=C/C(=O)NCCNc3ncnc4nc[nH]c34)c(=O)[nH]c2=O)O[C@@H]1COP(=O)([O-])C(C)C. The molecule has 0 saturated carbocycles. The number of hydrogen-bond donors (Lipinski definition) is 10. The van der Waals surface area contributed by atoms with Crippen LogP contribution in [0.25, 0.3) is 34.5 Å². The molecule has 0 radical (unpaired) electrons. The Labute approximate surface area is 526 Å². The fourth-order valence-corrected chi connectivity index (χ4v) is 10.5. The van der Waals surface area contributed by atoms with Gasteiger partial charge < -0.3 is 77.7 Å². The lowest BCUT2D eigenvalue weighted by Gasteiger charge is -2.29.